The zero-order valence-corrected chi connectivity index (χ0v) is 20.0. The van der Waals surface area contributed by atoms with Crippen LogP contribution in [-0.4, -0.2) is 7.05 Å². The van der Waals surface area contributed by atoms with Gasteiger partial charge in [0.2, 0.25) is 0 Å². The Morgan fingerprint density at radius 1 is 0.467 bits per heavy atom. The minimum atomic E-state index is 1.21. The molecule has 0 bridgehead atoms. The fraction of sp³-hybridized carbons (Fsp3) is 0.586. The molecule has 0 amide bonds. The van der Waals surface area contributed by atoms with Crippen LogP contribution in [0.3, 0.4) is 0 Å². The van der Waals surface area contributed by atoms with Gasteiger partial charge in [0.05, 0.1) is 0 Å². The van der Waals surface area contributed by atoms with E-state index in [4.69, 9.17) is 0 Å². The maximum atomic E-state index is 2.31. The van der Waals surface area contributed by atoms with Crippen LogP contribution >= 0.6 is 0 Å². The molecule has 0 aliphatic carbocycles. The number of hydrogen-bond acceptors (Lipinski definition) is 1. The maximum absolute atomic E-state index is 2.31. The second-order valence-corrected chi connectivity index (χ2v) is 8.93. The maximum Gasteiger partial charge on any atom is 0.0408 e. The van der Waals surface area contributed by atoms with Crippen molar-refractivity contribution in [2.75, 3.05) is 11.9 Å². The molecule has 0 atom stereocenters. The predicted molar refractivity (Wildman–Crippen MR) is 135 cm³/mol. The van der Waals surface area contributed by atoms with Crippen molar-refractivity contribution in [2.24, 2.45) is 0 Å². The highest BCUT2D eigenvalue weighted by Gasteiger charge is 2.05. The van der Waals surface area contributed by atoms with Gasteiger partial charge in [-0.25, -0.2) is 0 Å². The molecular formula is C29H45N. The fourth-order valence-electron chi connectivity index (χ4n) is 4.14. The Bertz CT molecular complexity index is 596. The van der Waals surface area contributed by atoms with Gasteiger partial charge in [0.25, 0.3) is 0 Å². The summed E-state index contributed by atoms with van der Waals surface area (Å²) in [6.45, 7) is 4.56. The summed E-state index contributed by atoms with van der Waals surface area (Å²) in [6.07, 6.45) is 18.8. The average molecular weight is 408 g/mol. The van der Waals surface area contributed by atoms with E-state index >= 15 is 0 Å². The van der Waals surface area contributed by atoms with Crippen molar-refractivity contribution in [3.05, 3.63) is 59.7 Å². The van der Waals surface area contributed by atoms with E-state index < -0.39 is 0 Å². The molecule has 0 aliphatic heterocycles. The number of anilines is 2. The molecule has 0 heterocycles. The number of unbranched alkanes of at least 4 members (excludes halogenated alkanes) is 10. The lowest BCUT2D eigenvalue weighted by atomic mass is 10.0. The zero-order valence-electron chi connectivity index (χ0n) is 20.0. The van der Waals surface area contributed by atoms with Crippen LogP contribution in [0.5, 0.6) is 0 Å². The summed E-state index contributed by atoms with van der Waals surface area (Å²) < 4.78 is 0. The molecule has 1 nitrogen and oxygen atoms in total. The van der Waals surface area contributed by atoms with Crippen molar-refractivity contribution < 1.29 is 0 Å². The lowest BCUT2D eigenvalue weighted by Gasteiger charge is -2.20. The fourth-order valence-corrected chi connectivity index (χ4v) is 4.14. The molecule has 0 aliphatic rings. The third-order valence-electron chi connectivity index (χ3n) is 6.29. The molecule has 30 heavy (non-hydrogen) atoms. The van der Waals surface area contributed by atoms with Gasteiger partial charge in [0.1, 0.15) is 0 Å². The predicted octanol–water partition coefficient (Wildman–Crippen LogP) is 9.26. The lowest BCUT2D eigenvalue weighted by Crippen LogP contribution is -2.09. The van der Waals surface area contributed by atoms with Crippen LogP contribution in [0.2, 0.25) is 0 Å². The van der Waals surface area contributed by atoms with E-state index in [9.17, 15) is 0 Å². The van der Waals surface area contributed by atoms with Crippen molar-refractivity contribution in [1.82, 2.24) is 0 Å². The first-order valence-electron chi connectivity index (χ1n) is 12.7. The van der Waals surface area contributed by atoms with Gasteiger partial charge in [-0.15, -0.1) is 0 Å². The van der Waals surface area contributed by atoms with Crippen LogP contribution in [0.15, 0.2) is 48.5 Å². The van der Waals surface area contributed by atoms with Crippen LogP contribution in [0, 0.1) is 0 Å². The summed E-state index contributed by atoms with van der Waals surface area (Å²) >= 11 is 0. The molecule has 2 aromatic rings. The van der Waals surface area contributed by atoms with Gasteiger partial charge >= 0.3 is 0 Å². The highest BCUT2D eigenvalue weighted by Crippen LogP contribution is 2.25. The first-order valence-corrected chi connectivity index (χ1v) is 12.7. The number of hydrogen-bond donors (Lipinski definition) is 0. The van der Waals surface area contributed by atoms with Gasteiger partial charge in [0.15, 0.2) is 0 Å². The number of rotatable bonds is 16. The lowest BCUT2D eigenvalue weighted by molar-refractivity contribution is 0.607. The molecule has 0 radical (unpaired) electrons. The molecule has 166 valence electrons. The van der Waals surface area contributed by atoms with Crippen LogP contribution in [-0.2, 0) is 12.8 Å². The minimum absolute atomic E-state index is 1.21. The number of nitrogens with zero attached hydrogens (tertiary/aromatic N) is 1. The molecule has 0 fully saturated rings. The number of benzene rings is 2. The Labute approximate surface area is 186 Å². The summed E-state index contributed by atoms with van der Waals surface area (Å²) in [7, 11) is 2.17. The van der Waals surface area contributed by atoms with E-state index in [2.05, 4.69) is 74.3 Å². The molecule has 1 heteroatoms. The monoisotopic (exact) mass is 407 g/mol. The SMILES string of the molecule is CCCCCCCCc1ccc(N(C)c2ccc(CCCCCCCC)cc2)cc1. The Morgan fingerprint density at radius 2 is 0.800 bits per heavy atom. The molecular weight excluding hydrogens is 362 g/mol. The van der Waals surface area contributed by atoms with E-state index in [0.29, 0.717) is 0 Å². The van der Waals surface area contributed by atoms with Gasteiger partial charge in [-0.1, -0.05) is 102 Å². The van der Waals surface area contributed by atoms with Crippen molar-refractivity contribution in [3.63, 3.8) is 0 Å². The average Bonchev–Trinajstić information content (AvgIpc) is 2.79. The van der Waals surface area contributed by atoms with Gasteiger partial charge in [-0.3, -0.25) is 0 Å². The Morgan fingerprint density at radius 3 is 1.17 bits per heavy atom. The van der Waals surface area contributed by atoms with E-state index in [1.165, 1.54) is 112 Å². The summed E-state index contributed by atoms with van der Waals surface area (Å²) in [5, 5.41) is 0. The summed E-state index contributed by atoms with van der Waals surface area (Å²) in [5.41, 5.74) is 5.48. The van der Waals surface area contributed by atoms with E-state index in [1.807, 2.05) is 0 Å². The summed E-state index contributed by atoms with van der Waals surface area (Å²) in [5.74, 6) is 0. The van der Waals surface area contributed by atoms with Gasteiger partial charge in [0, 0.05) is 18.4 Å². The molecule has 2 rings (SSSR count). The summed E-state index contributed by atoms with van der Waals surface area (Å²) in [4.78, 5) is 2.29. The van der Waals surface area contributed by atoms with Crippen LogP contribution in [0.25, 0.3) is 0 Å². The Balaban J connectivity index is 1.74. The number of aryl methyl sites for hydroxylation is 2. The van der Waals surface area contributed by atoms with Crippen LogP contribution in [0.1, 0.15) is 102 Å². The normalized spacial score (nSPS) is 11.0. The standard InChI is InChI=1S/C29H45N/c1-4-6-8-10-12-14-16-26-18-22-28(23-19-26)30(3)29-24-20-27(21-25-29)17-15-13-11-9-7-5-2/h18-25H,4-17H2,1-3H3. The van der Waals surface area contributed by atoms with Crippen molar-refractivity contribution >= 4 is 11.4 Å². The second kappa shape index (κ2) is 15.1. The quantitative estimate of drug-likeness (QED) is 0.251. The van der Waals surface area contributed by atoms with Gasteiger partial charge in [-0.2, -0.15) is 0 Å². The van der Waals surface area contributed by atoms with Crippen molar-refractivity contribution in [3.8, 4) is 0 Å². The third kappa shape index (κ3) is 9.37. The van der Waals surface area contributed by atoms with Crippen LogP contribution < -0.4 is 4.90 Å². The highest BCUT2D eigenvalue weighted by atomic mass is 15.1. The minimum Gasteiger partial charge on any atom is -0.345 e. The summed E-state index contributed by atoms with van der Waals surface area (Å²) in [6, 6.07) is 18.3. The van der Waals surface area contributed by atoms with E-state index in [1.54, 1.807) is 0 Å². The molecule has 0 saturated carbocycles. The van der Waals surface area contributed by atoms with E-state index in [-0.39, 0.29) is 0 Å². The largest absolute Gasteiger partial charge is 0.345 e. The third-order valence-corrected chi connectivity index (χ3v) is 6.29. The first kappa shape index (κ1) is 24.5. The highest BCUT2D eigenvalue weighted by molar-refractivity contribution is 5.62. The molecule has 0 aromatic heterocycles. The second-order valence-electron chi connectivity index (χ2n) is 8.93. The van der Waals surface area contributed by atoms with Crippen molar-refractivity contribution in [1.29, 1.82) is 0 Å². The topological polar surface area (TPSA) is 3.24 Å². The van der Waals surface area contributed by atoms with E-state index in [0.717, 1.165) is 0 Å². The molecule has 0 unspecified atom stereocenters. The molecule has 0 N–H and O–H groups in total. The van der Waals surface area contributed by atoms with Gasteiger partial charge in [-0.05, 0) is 61.1 Å². The zero-order chi connectivity index (χ0) is 21.4. The Hall–Kier alpha value is -1.76. The molecule has 0 saturated heterocycles. The molecule has 0 spiro atoms. The van der Waals surface area contributed by atoms with Gasteiger partial charge < -0.3 is 4.90 Å². The van der Waals surface area contributed by atoms with Crippen LogP contribution in [0.4, 0.5) is 11.4 Å². The van der Waals surface area contributed by atoms with Crippen molar-refractivity contribution in [2.45, 2.75) is 104 Å². The smallest absolute Gasteiger partial charge is 0.0408 e. The Kier molecular flexibility index (Phi) is 12.3. The molecule has 2 aromatic carbocycles. The first-order chi connectivity index (χ1) is 14.7.